The average molecular weight is 1440 g/mol. The largest absolute Gasteiger partial charge is 0.457 e. The smallest absolute Gasteiger partial charge is 0.127 e. The van der Waals surface area contributed by atoms with Crippen LogP contribution in [0.2, 0.25) is 0 Å². The molecule has 10 heteroatoms. The van der Waals surface area contributed by atoms with E-state index in [9.17, 15) is 0 Å². The summed E-state index contributed by atoms with van der Waals surface area (Å²) in [6.07, 6.45) is 8.28. The van der Waals surface area contributed by atoms with Crippen LogP contribution < -0.4 is 19.3 Å². The summed E-state index contributed by atoms with van der Waals surface area (Å²) in [5.41, 5.74) is 16.4. The Labute approximate surface area is 631 Å². The monoisotopic (exact) mass is 1440 g/mol. The number of halogens is 6. The van der Waals surface area contributed by atoms with Gasteiger partial charge in [-0.15, -0.1) is 0 Å². The Morgan fingerprint density at radius 3 is 1.22 bits per heavy atom. The summed E-state index contributed by atoms with van der Waals surface area (Å²) >= 11 is 0. The molecule has 5 aliphatic carbocycles. The van der Waals surface area contributed by atoms with Crippen LogP contribution in [0.5, 0.6) is 23.0 Å². The van der Waals surface area contributed by atoms with Gasteiger partial charge in [-0.1, -0.05) is 180 Å². The Balaban J connectivity index is 0.788. The predicted octanol–water partition coefficient (Wildman–Crippen LogP) is 26.5. The van der Waals surface area contributed by atoms with Crippen molar-refractivity contribution in [2.75, 3.05) is 9.80 Å². The zero-order valence-corrected chi connectivity index (χ0v) is 60.6. The van der Waals surface area contributed by atoms with Gasteiger partial charge in [-0.2, -0.15) is 0 Å². The molecule has 13 aromatic rings. The van der Waals surface area contributed by atoms with Crippen molar-refractivity contribution >= 4 is 46.2 Å². The lowest BCUT2D eigenvalue weighted by Crippen LogP contribution is -2.31. The highest BCUT2D eigenvalue weighted by Gasteiger charge is 2.57. The zero-order valence-electron chi connectivity index (χ0n) is 60.6. The van der Waals surface area contributed by atoms with Crippen LogP contribution in [-0.2, 0) is 27.1 Å². The van der Waals surface area contributed by atoms with Gasteiger partial charge in [0.15, 0.2) is 0 Å². The number of nitrogens with zero attached hydrogens (tertiary/aromatic N) is 2. The van der Waals surface area contributed by atoms with Gasteiger partial charge < -0.3 is 19.3 Å². The molecule has 4 nitrogen and oxygen atoms in total. The van der Waals surface area contributed by atoms with Gasteiger partial charge in [-0.05, 0) is 288 Å². The van der Waals surface area contributed by atoms with Crippen molar-refractivity contribution in [3.05, 3.63) is 428 Å². The number of allylic oxidation sites excluding steroid dienone is 4. The van der Waals surface area contributed by atoms with Gasteiger partial charge in [0.05, 0.1) is 10.8 Å². The highest BCUT2D eigenvalue weighted by Crippen LogP contribution is 2.66. The van der Waals surface area contributed by atoms with Crippen molar-refractivity contribution < 1.29 is 35.8 Å². The Bertz CT molecular complexity index is 5910. The number of hydrogen-bond acceptors (Lipinski definition) is 4. The fourth-order valence-electron chi connectivity index (χ4n) is 19.2. The van der Waals surface area contributed by atoms with Crippen LogP contribution in [-0.4, -0.2) is 0 Å². The number of rotatable bonds is 16. The predicted molar refractivity (Wildman–Crippen MR) is 426 cm³/mol. The van der Waals surface area contributed by atoms with Gasteiger partial charge in [-0.25, -0.2) is 26.3 Å². The maximum atomic E-state index is 16.3. The summed E-state index contributed by atoms with van der Waals surface area (Å²) in [6.45, 7) is 17.0. The molecule has 0 saturated heterocycles. The minimum Gasteiger partial charge on any atom is -0.457 e. The van der Waals surface area contributed by atoms with E-state index in [1.54, 1.807) is 30.4 Å². The van der Waals surface area contributed by atoms with E-state index < -0.39 is 51.1 Å². The molecule has 0 radical (unpaired) electrons. The summed E-state index contributed by atoms with van der Waals surface area (Å²) < 4.78 is 110. The maximum Gasteiger partial charge on any atom is 0.127 e. The molecule has 1 spiro atoms. The lowest BCUT2D eigenvalue weighted by Gasteiger charge is -2.38. The van der Waals surface area contributed by atoms with Crippen molar-refractivity contribution in [1.29, 1.82) is 0 Å². The fourth-order valence-corrected chi connectivity index (χ4v) is 19.2. The number of benzene rings is 13. The van der Waals surface area contributed by atoms with Crippen LogP contribution in [0.15, 0.2) is 316 Å². The first-order chi connectivity index (χ1) is 52.7. The molecule has 534 valence electrons. The van der Waals surface area contributed by atoms with Crippen molar-refractivity contribution in [2.24, 2.45) is 0 Å². The van der Waals surface area contributed by atoms with E-state index in [-0.39, 0.29) is 10.8 Å². The summed E-state index contributed by atoms with van der Waals surface area (Å²) in [7, 11) is 0. The molecular formula is C99H74F6N2O2. The molecule has 0 amide bonds. The van der Waals surface area contributed by atoms with Crippen LogP contribution in [0.4, 0.5) is 54.8 Å². The molecule has 3 atom stereocenters. The molecule has 3 unspecified atom stereocenters. The van der Waals surface area contributed by atoms with Gasteiger partial charge in [0, 0.05) is 51.7 Å². The third-order valence-electron chi connectivity index (χ3n) is 23.4. The Kier molecular flexibility index (Phi) is 16.3. The van der Waals surface area contributed by atoms with E-state index in [0.717, 1.165) is 120 Å². The minimum atomic E-state index is -1.29. The van der Waals surface area contributed by atoms with Crippen LogP contribution in [0.25, 0.3) is 28.9 Å². The number of hydrogen-bond donors (Lipinski definition) is 0. The highest BCUT2D eigenvalue weighted by molar-refractivity contribution is 5.92. The molecule has 0 aliphatic heterocycles. The molecule has 0 saturated carbocycles. The summed E-state index contributed by atoms with van der Waals surface area (Å²) in [5, 5.41) is 0. The maximum absolute atomic E-state index is 16.3. The second-order valence-electron chi connectivity index (χ2n) is 30.8. The first-order valence-electron chi connectivity index (χ1n) is 36.9. The van der Waals surface area contributed by atoms with Crippen LogP contribution >= 0.6 is 0 Å². The van der Waals surface area contributed by atoms with Gasteiger partial charge in [0.1, 0.15) is 57.9 Å². The lowest BCUT2D eigenvalue weighted by molar-refractivity contribution is 0.349. The summed E-state index contributed by atoms with van der Waals surface area (Å²) in [5.74, 6) is -1.30. The third kappa shape index (κ3) is 11.2. The highest BCUT2D eigenvalue weighted by atomic mass is 19.2. The quantitative estimate of drug-likeness (QED) is 0.0900. The Morgan fingerprint density at radius 1 is 0.321 bits per heavy atom. The van der Waals surface area contributed by atoms with Crippen LogP contribution in [0.3, 0.4) is 0 Å². The Morgan fingerprint density at radius 2 is 0.725 bits per heavy atom. The van der Waals surface area contributed by atoms with Crippen LogP contribution in [0.1, 0.15) is 131 Å². The lowest BCUT2D eigenvalue weighted by atomic mass is 9.66. The van der Waals surface area contributed by atoms with Crippen molar-refractivity contribution in [3.8, 4) is 34.1 Å². The van der Waals surface area contributed by atoms with E-state index in [1.165, 1.54) is 53.6 Å². The standard InChI is InChI=1S/C99H74F6N2O2/c1-7-61-23-35-79(36-24-61)108-81-39-27-63(28-40-81)98(65-47-69(102)51-70(103)48-65)87-21-11-9-19-83(87)85-43-31-75(55-91(85)98)106(73-17-13-15-67(100)53-73)77-33-45-89-93(57-77)97(59-95(89,3)4)60-96(5,6)90-46-34-78(58-94(90)97)107(74-18-14-16-68(101)54-74)76-32-44-86-84-20-10-12-22-88(84)99(92(86)56-76,66-49-71(104)52-72(105)50-66)64-29-41-82(42-30-64)109-80-37-25-62(8-2)26-38-80/h7-31,33-43,45-58H,1-2,32,44,59-60H2,3-6H3. The summed E-state index contributed by atoms with van der Waals surface area (Å²) in [4.78, 5) is 4.25. The number of anilines is 5. The molecule has 109 heavy (non-hydrogen) atoms. The molecule has 0 bridgehead atoms. The SMILES string of the molecule is C=Cc1ccc(Oc2ccc(C3(c4cc(F)cc(F)c4)C4=C(CCC(N(c5cccc(F)c5)c5ccc6c(c5)C5(CC6(C)C)CC(C)(C)c6ccc(N(c7cccc(F)c7)c7ccc8c(c7)C(c7ccc(Oc9ccc(C=C)cc9)cc7)(c7cc(F)cc(F)c7)c7ccccc7-8)cc65)=C4)c4ccccc43)cc2)cc1. The van der Waals surface area contributed by atoms with E-state index in [0.29, 0.717) is 64.0 Å². The molecule has 0 N–H and O–H groups in total. The molecule has 5 aliphatic rings. The molecule has 0 aromatic heterocycles. The summed E-state index contributed by atoms with van der Waals surface area (Å²) in [6, 6.07) is 87.2. The van der Waals surface area contributed by atoms with Gasteiger partial charge in [0.2, 0.25) is 0 Å². The van der Waals surface area contributed by atoms with Crippen molar-refractivity contribution in [2.45, 2.75) is 80.5 Å². The Hall–Kier alpha value is -12.4. The number of fused-ring (bicyclic) bond motifs is 9. The van der Waals surface area contributed by atoms with Crippen molar-refractivity contribution in [3.63, 3.8) is 0 Å². The van der Waals surface area contributed by atoms with E-state index >= 15 is 26.3 Å². The van der Waals surface area contributed by atoms with Crippen LogP contribution in [0, 0.1) is 34.9 Å². The van der Waals surface area contributed by atoms with E-state index in [4.69, 9.17) is 9.47 Å². The molecule has 0 fully saturated rings. The number of ether oxygens (including phenoxy) is 2. The van der Waals surface area contributed by atoms with Gasteiger partial charge in [0.25, 0.3) is 0 Å². The van der Waals surface area contributed by atoms with E-state index in [2.05, 4.69) is 117 Å². The second-order valence-corrected chi connectivity index (χ2v) is 30.8. The normalized spacial score (nSPS) is 18.6. The first kappa shape index (κ1) is 68.4. The third-order valence-corrected chi connectivity index (χ3v) is 23.4. The molecule has 18 rings (SSSR count). The van der Waals surface area contributed by atoms with Gasteiger partial charge >= 0.3 is 0 Å². The fraction of sp³-hybridized carbons (Fsp3) is 0.131. The zero-order chi connectivity index (χ0) is 74.9. The molecule has 0 heterocycles. The van der Waals surface area contributed by atoms with Crippen molar-refractivity contribution in [1.82, 2.24) is 0 Å². The minimum absolute atomic E-state index is 0.362. The second kappa shape index (κ2) is 25.9. The average Bonchev–Trinajstić information content (AvgIpc) is 1.52. The van der Waals surface area contributed by atoms with Gasteiger partial charge in [-0.3, -0.25) is 0 Å². The molecular weight excluding hydrogens is 1360 g/mol. The van der Waals surface area contributed by atoms with E-state index in [1.807, 2.05) is 152 Å². The first-order valence-corrected chi connectivity index (χ1v) is 36.9. The topological polar surface area (TPSA) is 24.9 Å². The molecule has 13 aromatic carbocycles.